The molecule has 0 aromatic heterocycles. The van der Waals surface area contributed by atoms with Crippen LogP contribution in [0, 0.1) is 11.8 Å². The van der Waals surface area contributed by atoms with Gasteiger partial charge in [0.1, 0.15) is 0 Å². The van der Waals surface area contributed by atoms with E-state index in [4.69, 9.17) is 9.05 Å². The highest BCUT2D eigenvalue weighted by molar-refractivity contribution is 7.51. The van der Waals surface area contributed by atoms with Crippen LogP contribution in [0.25, 0.3) is 0 Å². The largest absolute Gasteiger partial charge is 0.405 e. The number of rotatable bonds is 28. The van der Waals surface area contributed by atoms with Crippen LogP contribution < -0.4 is 5.09 Å². The van der Waals surface area contributed by atoms with Crippen molar-refractivity contribution in [3.05, 3.63) is 48.6 Å². The monoisotopic (exact) mass is 580 g/mol. The molecule has 0 atom stereocenters. The van der Waals surface area contributed by atoms with E-state index in [0.717, 1.165) is 96.7 Å². The number of allylic oxidation sites excluding steroid dienone is 8. The van der Waals surface area contributed by atoms with Crippen molar-refractivity contribution in [1.29, 1.82) is 0 Å². The Morgan fingerprint density at radius 3 is 1.25 bits per heavy atom. The number of hydrogen-bond donors (Lipinski definition) is 1. The summed E-state index contributed by atoms with van der Waals surface area (Å²) in [6.07, 6.45) is 30.4. The van der Waals surface area contributed by atoms with Gasteiger partial charge in [-0.15, -0.1) is 0 Å². The van der Waals surface area contributed by atoms with E-state index in [1.165, 1.54) is 0 Å². The Morgan fingerprint density at radius 1 is 0.600 bits per heavy atom. The minimum atomic E-state index is -3.43. The van der Waals surface area contributed by atoms with Gasteiger partial charge < -0.3 is 4.90 Å². The molecule has 234 valence electrons. The Labute approximate surface area is 249 Å². The van der Waals surface area contributed by atoms with Crippen molar-refractivity contribution in [3.8, 4) is 0 Å². The highest BCUT2D eigenvalue weighted by atomic mass is 31.2. The standard InChI is InChI=1S/C34H65N2O3P/c1-7-13-17-21-25-33(26-22-18-14-8-2)31-38-40(37,35-29-30-36(11-5)12-6)39-32-34(27-23-19-15-9-3)28-24-20-16-10-4/h13-20,33-34H,7-12,21-32H2,1-6H3,(H,35,37)/b17-13-,18-14-,19-15-,20-16-. The molecule has 40 heavy (non-hydrogen) atoms. The lowest BCUT2D eigenvalue weighted by molar-refractivity contribution is 0.143. The van der Waals surface area contributed by atoms with Crippen molar-refractivity contribution in [2.75, 3.05) is 39.4 Å². The van der Waals surface area contributed by atoms with Gasteiger partial charge in [-0.3, -0.25) is 9.05 Å². The second-order valence-corrected chi connectivity index (χ2v) is 12.4. The molecule has 0 aliphatic carbocycles. The lowest BCUT2D eigenvalue weighted by Crippen LogP contribution is -2.32. The molecule has 0 saturated heterocycles. The third-order valence-corrected chi connectivity index (χ3v) is 8.75. The van der Waals surface area contributed by atoms with E-state index < -0.39 is 7.75 Å². The molecule has 6 heteroatoms. The molecule has 0 saturated carbocycles. The Hall–Kier alpha value is -0.970. The molecule has 0 aliphatic rings. The lowest BCUT2D eigenvalue weighted by atomic mass is 9.98. The smallest absolute Gasteiger partial charge is 0.303 e. The van der Waals surface area contributed by atoms with Gasteiger partial charge in [0.15, 0.2) is 0 Å². The molecule has 0 aliphatic heterocycles. The van der Waals surface area contributed by atoms with E-state index in [1.807, 2.05) is 0 Å². The second-order valence-electron chi connectivity index (χ2n) is 10.6. The summed E-state index contributed by atoms with van der Waals surface area (Å²) in [7, 11) is -3.43. The topological polar surface area (TPSA) is 50.8 Å². The maximum atomic E-state index is 14.1. The summed E-state index contributed by atoms with van der Waals surface area (Å²) in [4.78, 5) is 2.32. The van der Waals surface area contributed by atoms with Gasteiger partial charge >= 0.3 is 7.75 Å². The van der Waals surface area contributed by atoms with Crippen molar-refractivity contribution < 1.29 is 13.6 Å². The van der Waals surface area contributed by atoms with Gasteiger partial charge in [0.05, 0.1) is 13.2 Å². The first-order chi connectivity index (χ1) is 19.5. The van der Waals surface area contributed by atoms with E-state index in [2.05, 4.69) is 100 Å². The number of likely N-dealkylation sites (N-methyl/N-ethyl adjacent to an activating group) is 1. The van der Waals surface area contributed by atoms with Crippen molar-refractivity contribution in [3.63, 3.8) is 0 Å². The van der Waals surface area contributed by atoms with Crippen molar-refractivity contribution in [2.45, 2.75) is 119 Å². The molecule has 0 amide bonds. The van der Waals surface area contributed by atoms with Crippen LogP contribution in [0.4, 0.5) is 0 Å². The predicted octanol–water partition coefficient (Wildman–Crippen LogP) is 10.3. The van der Waals surface area contributed by atoms with Crippen LogP contribution in [0.1, 0.15) is 119 Å². The molecule has 0 fully saturated rings. The summed E-state index contributed by atoms with van der Waals surface area (Å²) in [5.41, 5.74) is 0. The van der Waals surface area contributed by atoms with Gasteiger partial charge in [0.25, 0.3) is 0 Å². The van der Waals surface area contributed by atoms with Crippen molar-refractivity contribution in [1.82, 2.24) is 9.99 Å². The molecule has 0 rings (SSSR count). The van der Waals surface area contributed by atoms with Crippen LogP contribution >= 0.6 is 7.75 Å². The van der Waals surface area contributed by atoms with Crippen molar-refractivity contribution in [2.24, 2.45) is 11.8 Å². The Bertz CT molecular complexity index is 632. The molecule has 0 radical (unpaired) electrons. The Morgan fingerprint density at radius 2 is 0.950 bits per heavy atom. The van der Waals surface area contributed by atoms with Gasteiger partial charge in [0, 0.05) is 13.1 Å². The zero-order chi connectivity index (χ0) is 29.7. The summed E-state index contributed by atoms with van der Waals surface area (Å²) < 4.78 is 26.5. The fourth-order valence-corrected chi connectivity index (χ4v) is 5.95. The number of hydrogen-bond acceptors (Lipinski definition) is 4. The van der Waals surface area contributed by atoms with Crippen LogP contribution in [-0.4, -0.2) is 44.3 Å². The SMILES string of the molecule is CC/C=C\CCC(CC/C=C\CC)COP(=O)(NCCN(CC)CC)OCC(CC/C=C\CC)CC/C=C\CC. The van der Waals surface area contributed by atoms with Crippen LogP contribution in [0.3, 0.4) is 0 Å². The van der Waals surface area contributed by atoms with Gasteiger partial charge in [0.2, 0.25) is 0 Å². The first kappa shape index (κ1) is 39.0. The molecular formula is C34H65N2O3P. The molecule has 0 aromatic carbocycles. The molecule has 0 spiro atoms. The summed E-state index contributed by atoms with van der Waals surface area (Å²) in [6, 6.07) is 0. The maximum Gasteiger partial charge on any atom is 0.405 e. The van der Waals surface area contributed by atoms with E-state index in [9.17, 15) is 4.57 Å². The third-order valence-electron chi connectivity index (χ3n) is 7.16. The van der Waals surface area contributed by atoms with Crippen molar-refractivity contribution >= 4 is 7.75 Å². The highest BCUT2D eigenvalue weighted by Crippen LogP contribution is 2.45. The summed E-state index contributed by atoms with van der Waals surface area (Å²) in [5, 5.41) is 3.23. The van der Waals surface area contributed by atoms with Gasteiger partial charge in [-0.2, -0.15) is 0 Å². The molecule has 0 aromatic rings. The molecular weight excluding hydrogens is 515 g/mol. The zero-order valence-electron chi connectivity index (χ0n) is 27.1. The predicted molar refractivity (Wildman–Crippen MR) is 177 cm³/mol. The fourth-order valence-electron chi connectivity index (χ4n) is 4.51. The third kappa shape index (κ3) is 22.7. The van der Waals surface area contributed by atoms with E-state index in [1.54, 1.807) is 0 Å². The first-order valence-corrected chi connectivity index (χ1v) is 18.0. The molecule has 0 heterocycles. The number of nitrogens with one attached hydrogen (secondary N) is 1. The van der Waals surface area contributed by atoms with Gasteiger partial charge in [-0.25, -0.2) is 9.65 Å². The van der Waals surface area contributed by atoms with Crippen LogP contribution in [-0.2, 0) is 13.6 Å². The van der Waals surface area contributed by atoms with Crippen LogP contribution in [0.15, 0.2) is 48.6 Å². The minimum Gasteiger partial charge on any atom is -0.303 e. The first-order valence-electron chi connectivity index (χ1n) is 16.4. The molecule has 5 nitrogen and oxygen atoms in total. The average molecular weight is 581 g/mol. The molecule has 0 bridgehead atoms. The molecule has 0 unspecified atom stereocenters. The van der Waals surface area contributed by atoms with Crippen LogP contribution in [0.5, 0.6) is 0 Å². The second kappa shape index (κ2) is 28.2. The summed E-state index contributed by atoms with van der Waals surface area (Å²) in [5.74, 6) is 0.692. The normalized spacial score (nSPS) is 13.2. The average Bonchev–Trinajstić information content (AvgIpc) is 2.96. The highest BCUT2D eigenvalue weighted by Gasteiger charge is 2.27. The van der Waals surface area contributed by atoms with Crippen LogP contribution in [0.2, 0.25) is 0 Å². The van der Waals surface area contributed by atoms with Gasteiger partial charge in [-0.05, 0) is 102 Å². The maximum absolute atomic E-state index is 14.1. The van der Waals surface area contributed by atoms with E-state index >= 15 is 0 Å². The molecule has 1 N–H and O–H groups in total. The minimum absolute atomic E-state index is 0.346. The fraction of sp³-hybridized carbons (Fsp3) is 0.765. The Balaban J connectivity index is 5.44. The summed E-state index contributed by atoms with van der Waals surface area (Å²) >= 11 is 0. The van der Waals surface area contributed by atoms with E-state index in [-0.39, 0.29) is 0 Å². The quantitative estimate of drug-likeness (QED) is 0.0737. The Kier molecular flexibility index (Phi) is 27.5. The lowest BCUT2D eigenvalue weighted by Gasteiger charge is -2.26. The van der Waals surface area contributed by atoms with E-state index in [0.29, 0.717) is 31.6 Å². The number of nitrogens with zero attached hydrogens (tertiary/aromatic N) is 1. The zero-order valence-corrected chi connectivity index (χ0v) is 28.0. The van der Waals surface area contributed by atoms with Gasteiger partial charge in [-0.1, -0.05) is 90.2 Å². The summed E-state index contributed by atoms with van der Waals surface area (Å²) in [6.45, 7) is 17.2.